The maximum Gasteiger partial charge on any atom is 0.0871 e. The van der Waals surface area contributed by atoms with E-state index in [1.54, 1.807) is 0 Å². The van der Waals surface area contributed by atoms with E-state index in [1.807, 2.05) is 11.3 Å². The Hall–Kier alpha value is -4.78. The lowest BCUT2D eigenvalue weighted by Crippen LogP contribution is -2.54. The summed E-state index contributed by atoms with van der Waals surface area (Å²) in [6.45, 7) is 0. The van der Waals surface area contributed by atoms with E-state index < -0.39 is 0 Å². The van der Waals surface area contributed by atoms with Crippen LogP contribution in [0.4, 0.5) is 0 Å². The molecule has 1 aliphatic heterocycles. The van der Waals surface area contributed by atoms with Crippen LogP contribution in [0.25, 0.3) is 47.7 Å². The molecule has 0 saturated carbocycles. The molecule has 2 unspecified atom stereocenters. The fraction of sp³-hybridized carbons (Fsp3) is 0.0769. The van der Waals surface area contributed by atoms with Gasteiger partial charge in [-0.15, -0.1) is 11.3 Å². The predicted molar refractivity (Wildman–Crippen MR) is 184 cm³/mol. The lowest BCUT2D eigenvalue weighted by atomic mass is 9.98. The first-order valence-electron chi connectivity index (χ1n) is 15.1. The van der Waals surface area contributed by atoms with E-state index in [1.165, 1.54) is 64.4 Å². The van der Waals surface area contributed by atoms with E-state index in [-0.39, 0.29) is 18.5 Å². The lowest BCUT2D eigenvalue weighted by molar-refractivity contribution is 0.204. The summed E-state index contributed by atoms with van der Waals surface area (Å²) in [5.41, 5.74) is 7.30. The molecule has 0 radical (unpaired) electrons. The van der Waals surface area contributed by atoms with Crippen molar-refractivity contribution in [2.75, 3.05) is 0 Å². The van der Waals surface area contributed by atoms with Crippen molar-refractivity contribution in [1.82, 2.24) is 20.5 Å². The zero-order valence-corrected chi connectivity index (χ0v) is 24.8. The summed E-state index contributed by atoms with van der Waals surface area (Å²) in [5.74, 6) is 0. The Bertz CT molecular complexity index is 2220. The van der Waals surface area contributed by atoms with Gasteiger partial charge in [0, 0.05) is 36.6 Å². The van der Waals surface area contributed by atoms with Crippen LogP contribution >= 0.6 is 11.3 Å². The number of rotatable bonds is 4. The third-order valence-corrected chi connectivity index (χ3v) is 10.1. The number of para-hydroxylation sites is 2. The molecule has 1 fully saturated rings. The zero-order valence-electron chi connectivity index (χ0n) is 23.9. The van der Waals surface area contributed by atoms with Crippen molar-refractivity contribution < 1.29 is 0 Å². The van der Waals surface area contributed by atoms with Gasteiger partial charge in [-0.1, -0.05) is 115 Å². The smallest absolute Gasteiger partial charge is 0.0871 e. The maximum absolute atomic E-state index is 3.96. The standard InChI is InChI=1S/C39H30N4S/c1-4-14-25(15-5-1)37-40-38(26-16-6-2-7-17-26)42-39(41-37)30-24-32-35(36-34(30)29-21-11-13-23-33(29)44-36)28-20-10-12-22-31(28)43(32)27-18-8-3-9-19-27/h1-24,37-42H. The minimum atomic E-state index is -0.112. The minimum absolute atomic E-state index is 0.0386. The van der Waals surface area contributed by atoms with Crippen molar-refractivity contribution in [2.24, 2.45) is 0 Å². The van der Waals surface area contributed by atoms with Crippen molar-refractivity contribution in [1.29, 1.82) is 0 Å². The number of hydrogen-bond acceptors (Lipinski definition) is 4. The second kappa shape index (κ2) is 10.4. The number of nitrogens with zero attached hydrogens (tertiary/aromatic N) is 1. The molecular weight excluding hydrogens is 557 g/mol. The molecule has 0 aliphatic carbocycles. The molecule has 3 heterocycles. The van der Waals surface area contributed by atoms with Gasteiger partial charge in [0.25, 0.3) is 0 Å². The van der Waals surface area contributed by atoms with Gasteiger partial charge in [-0.2, -0.15) is 0 Å². The van der Waals surface area contributed by atoms with E-state index in [9.17, 15) is 0 Å². The molecule has 212 valence electrons. The van der Waals surface area contributed by atoms with E-state index in [0.717, 1.165) is 0 Å². The highest BCUT2D eigenvalue weighted by Crippen LogP contribution is 2.46. The molecule has 8 aromatic rings. The van der Waals surface area contributed by atoms with E-state index in [2.05, 4.69) is 166 Å². The molecule has 0 amide bonds. The summed E-state index contributed by atoms with van der Waals surface area (Å²) >= 11 is 1.90. The van der Waals surface area contributed by atoms with Gasteiger partial charge in [0.05, 0.1) is 29.5 Å². The molecule has 44 heavy (non-hydrogen) atoms. The van der Waals surface area contributed by atoms with Crippen molar-refractivity contribution in [3.05, 3.63) is 162 Å². The number of benzene rings is 6. The Morgan fingerprint density at radius 1 is 0.477 bits per heavy atom. The molecule has 2 atom stereocenters. The first-order valence-corrected chi connectivity index (χ1v) is 16.0. The van der Waals surface area contributed by atoms with Crippen molar-refractivity contribution in [3.63, 3.8) is 0 Å². The highest BCUT2D eigenvalue weighted by Gasteiger charge is 2.32. The molecule has 6 aromatic carbocycles. The third-order valence-electron chi connectivity index (χ3n) is 8.91. The van der Waals surface area contributed by atoms with Gasteiger partial charge >= 0.3 is 0 Å². The first-order chi connectivity index (χ1) is 21.8. The normalized spacial score (nSPS) is 18.9. The number of fused-ring (bicyclic) bond motifs is 7. The van der Waals surface area contributed by atoms with Crippen LogP contribution in [0.2, 0.25) is 0 Å². The van der Waals surface area contributed by atoms with Gasteiger partial charge in [0.2, 0.25) is 0 Å². The fourth-order valence-corrected chi connectivity index (χ4v) is 8.24. The molecule has 1 saturated heterocycles. The molecule has 5 heteroatoms. The predicted octanol–water partition coefficient (Wildman–Crippen LogP) is 9.33. The number of aromatic nitrogens is 1. The van der Waals surface area contributed by atoms with Crippen LogP contribution in [0.1, 0.15) is 35.2 Å². The molecule has 9 rings (SSSR count). The molecule has 1 aliphatic rings. The van der Waals surface area contributed by atoms with Crippen LogP contribution in [-0.2, 0) is 0 Å². The summed E-state index contributed by atoms with van der Waals surface area (Å²) in [7, 11) is 0. The van der Waals surface area contributed by atoms with Gasteiger partial charge in [-0.25, -0.2) is 0 Å². The zero-order chi connectivity index (χ0) is 29.0. The second-order valence-corrected chi connectivity index (χ2v) is 12.5. The quantitative estimate of drug-likeness (QED) is 0.192. The third kappa shape index (κ3) is 4.09. The van der Waals surface area contributed by atoms with E-state index in [4.69, 9.17) is 0 Å². The van der Waals surface area contributed by atoms with Crippen molar-refractivity contribution in [3.8, 4) is 5.69 Å². The van der Waals surface area contributed by atoms with Crippen LogP contribution in [0, 0.1) is 0 Å². The Labute approximate surface area is 259 Å². The molecule has 0 bridgehead atoms. The lowest BCUT2D eigenvalue weighted by Gasteiger charge is -2.40. The Morgan fingerprint density at radius 2 is 1.02 bits per heavy atom. The van der Waals surface area contributed by atoms with Gasteiger partial charge in [-0.05, 0) is 47.0 Å². The molecule has 3 N–H and O–H groups in total. The SMILES string of the molecule is c1ccc(C2NC(c3ccccc3)NC(c3cc4c(c5ccccc5n4-c4ccccc4)c4sc5ccccc5c34)N2)cc1. The van der Waals surface area contributed by atoms with Gasteiger partial charge < -0.3 is 4.57 Å². The summed E-state index contributed by atoms with van der Waals surface area (Å²) in [6, 6.07) is 52.3. The van der Waals surface area contributed by atoms with Gasteiger partial charge in [0.1, 0.15) is 0 Å². The first kappa shape index (κ1) is 25.7. The molecule has 0 spiro atoms. The minimum Gasteiger partial charge on any atom is -0.309 e. The Morgan fingerprint density at radius 3 is 1.70 bits per heavy atom. The molecule has 4 nitrogen and oxygen atoms in total. The summed E-state index contributed by atoms with van der Waals surface area (Å²) in [5, 5.41) is 17.0. The van der Waals surface area contributed by atoms with Crippen LogP contribution < -0.4 is 16.0 Å². The maximum atomic E-state index is 3.96. The van der Waals surface area contributed by atoms with Crippen molar-refractivity contribution >= 4 is 53.3 Å². The number of thiophene rings is 1. The second-order valence-electron chi connectivity index (χ2n) is 11.5. The average molecular weight is 587 g/mol. The highest BCUT2D eigenvalue weighted by atomic mass is 32.1. The van der Waals surface area contributed by atoms with Crippen molar-refractivity contribution in [2.45, 2.75) is 18.5 Å². The summed E-state index contributed by atoms with van der Waals surface area (Å²) < 4.78 is 5.07. The van der Waals surface area contributed by atoms with Crippen LogP contribution in [0.3, 0.4) is 0 Å². The number of hydrogen-bond donors (Lipinski definition) is 3. The Kier molecular flexibility index (Phi) is 6.10. The van der Waals surface area contributed by atoms with Gasteiger partial charge in [-0.3, -0.25) is 16.0 Å². The van der Waals surface area contributed by atoms with E-state index in [0.29, 0.717) is 0 Å². The largest absolute Gasteiger partial charge is 0.309 e. The van der Waals surface area contributed by atoms with Gasteiger partial charge in [0.15, 0.2) is 0 Å². The Balaban J connectivity index is 1.35. The molecule has 2 aromatic heterocycles. The van der Waals surface area contributed by atoms with Crippen LogP contribution in [0.15, 0.2) is 146 Å². The fourth-order valence-electron chi connectivity index (χ4n) is 6.95. The average Bonchev–Trinajstić information content (AvgIpc) is 3.65. The summed E-state index contributed by atoms with van der Waals surface area (Å²) in [4.78, 5) is 0. The van der Waals surface area contributed by atoms with E-state index >= 15 is 0 Å². The molecular formula is C39H30N4S. The number of nitrogens with one attached hydrogen (secondary N) is 3. The van der Waals surface area contributed by atoms with Crippen LogP contribution in [-0.4, -0.2) is 4.57 Å². The summed E-state index contributed by atoms with van der Waals surface area (Å²) in [6.07, 6.45) is -0.189. The topological polar surface area (TPSA) is 41.0 Å². The highest BCUT2D eigenvalue weighted by molar-refractivity contribution is 7.26. The monoisotopic (exact) mass is 586 g/mol. The van der Waals surface area contributed by atoms with Crippen LogP contribution in [0.5, 0.6) is 0 Å².